The van der Waals surface area contributed by atoms with E-state index in [1.54, 1.807) is 6.21 Å². The second kappa shape index (κ2) is 7.70. The minimum atomic E-state index is -0.195. The van der Waals surface area contributed by atoms with Crippen LogP contribution in [0.25, 0.3) is 21.5 Å². The average Bonchev–Trinajstić information content (AvgIpc) is 2.72. The van der Waals surface area contributed by atoms with Crippen LogP contribution in [0.2, 0.25) is 0 Å². The van der Waals surface area contributed by atoms with Crippen LogP contribution in [0.15, 0.2) is 90.0 Å². The number of fused-ring (bicyclic) bond motifs is 2. The number of rotatable bonds is 5. The minimum absolute atomic E-state index is 0.154. The van der Waals surface area contributed by atoms with Gasteiger partial charge in [-0.2, -0.15) is 5.10 Å². The van der Waals surface area contributed by atoms with E-state index >= 15 is 0 Å². The standard InChI is InChI=1S/C23H19N3O/c27-23(16-24-22-14-6-10-18-8-2-4-13-21(18)22)26-25-15-19-11-5-9-17-7-1-3-12-20(17)19/h1-15,24H,16H2,(H,26,27)/b25-15+. The van der Waals surface area contributed by atoms with Crippen LogP contribution in [0, 0.1) is 0 Å². The molecule has 0 radical (unpaired) electrons. The summed E-state index contributed by atoms with van der Waals surface area (Å²) in [5.41, 5.74) is 4.48. The van der Waals surface area contributed by atoms with Gasteiger partial charge in [0.25, 0.3) is 5.91 Å². The van der Waals surface area contributed by atoms with Gasteiger partial charge in [-0.15, -0.1) is 0 Å². The van der Waals surface area contributed by atoms with Gasteiger partial charge in [0.15, 0.2) is 0 Å². The second-order valence-electron chi connectivity index (χ2n) is 6.24. The highest BCUT2D eigenvalue weighted by Gasteiger charge is 2.03. The molecule has 1 amide bonds. The predicted molar refractivity (Wildman–Crippen MR) is 112 cm³/mol. The summed E-state index contributed by atoms with van der Waals surface area (Å²) in [5, 5.41) is 11.8. The molecule has 4 aromatic rings. The number of carbonyl (C=O) groups excluding carboxylic acids is 1. The van der Waals surface area contributed by atoms with Crippen LogP contribution < -0.4 is 10.7 Å². The number of nitrogens with zero attached hydrogens (tertiary/aromatic N) is 1. The monoisotopic (exact) mass is 353 g/mol. The van der Waals surface area contributed by atoms with E-state index in [-0.39, 0.29) is 12.5 Å². The predicted octanol–water partition coefficient (Wildman–Crippen LogP) is 4.56. The normalized spacial score (nSPS) is 11.1. The molecule has 4 nitrogen and oxygen atoms in total. The lowest BCUT2D eigenvalue weighted by atomic mass is 10.1. The van der Waals surface area contributed by atoms with E-state index in [0.717, 1.165) is 32.8 Å². The van der Waals surface area contributed by atoms with Gasteiger partial charge in [-0.1, -0.05) is 78.9 Å². The summed E-state index contributed by atoms with van der Waals surface area (Å²) in [6.07, 6.45) is 1.68. The molecule has 0 atom stereocenters. The fraction of sp³-hybridized carbons (Fsp3) is 0.0435. The van der Waals surface area contributed by atoms with Crippen molar-refractivity contribution in [3.63, 3.8) is 0 Å². The zero-order valence-electron chi connectivity index (χ0n) is 14.7. The number of hydrogen-bond acceptors (Lipinski definition) is 3. The highest BCUT2D eigenvalue weighted by molar-refractivity contribution is 6.00. The zero-order chi connectivity index (χ0) is 18.5. The van der Waals surface area contributed by atoms with Crippen molar-refractivity contribution in [2.45, 2.75) is 0 Å². The first-order chi connectivity index (χ1) is 13.3. The molecule has 4 aromatic carbocycles. The van der Waals surface area contributed by atoms with Crippen LogP contribution in [0.1, 0.15) is 5.56 Å². The molecule has 132 valence electrons. The third kappa shape index (κ3) is 3.80. The van der Waals surface area contributed by atoms with Gasteiger partial charge >= 0.3 is 0 Å². The molecule has 0 aliphatic heterocycles. The Morgan fingerprint density at radius 2 is 1.41 bits per heavy atom. The third-order valence-corrected chi connectivity index (χ3v) is 4.45. The summed E-state index contributed by atoms with van der Waals surface area (Å²) in [6.45, 7) is 0.154. The Morgan fingerprint density at radius 1 is 0.778 bits per heavy atom. The Bertz CT molecular complexity index is 1120. The quantitative estimate of drug-likeness (QED) is 0.408. The fourth-order valence-electron chi connectivity index (χ4n) is 3.13. The lowest BCUT2D eigenvalue weighted by Crippen LogP contribution is -2.25. The van der Waals surface area contributed by atoms with Crippen LogP contribution in [-0.2, 0) is 4.79 Å². The van der Waals surface area contributed by atoms with Crippen molar-refractivity contribution >= 4 is 39.4 Å². The van der Waals surface area contributed by atoms with E-state index < -0.39 is 0 Å². The molecule has 0 saturated carbocycles. The van der Waals surface area contributed by atoms with Crippen molar-refractivity contribution in [1.82, 2.24) is 5.43 Å². The molecule has 4 rings (SSSR count). The van der Waals surface area contributed by atoms with Crippen LogP contribution in [0.4, 0.5) is 5.69 Å². The lowest BCUT2D eigenvalue weighted by Gasteiger charge is -2.08. The van der Waals surface area contributed by atoms with E-state index in [2.05, 4.69) is 40.1 Å². The van der Waals surface area contributed by atoms with Gasteiger partial charge in [0, 0.05) is 16.6 Å². The molecule has 0 fully saturated rings. The Labute approximate surface area is 157 Å². The van der Waals surface area contributed by atoms with Gasteiger partial charge in [0.2, 0.25) is 0 Å². The van der Waals surface area contributed by atoms with E-state index in [0.29, 0.717) is 0 Å². The van der Waals surface area contributed by atoms with Crippen molar-refractivity contribution in [1.29, 1.82) is 0 Å². The molecule has 0 aliphatic carbocycles. The minimum Gasteiger partial charge on any atom is -0.376 e. The summed E-state index contributed by atoms with van der Waals surface area (Å²) in [6, 6.07) is 28.2. The molecule has 0 aromatic heterocycles. The van der Waals surface area contributed by atoms with Crippen LogP contribution in [0.3, 0.4) is 0 Å². The van der Waals surface area contributed by atoms with Crippen molar-refractivity contribution in [2.24, 2.45) is 5.10 Å². The highest BCUT2D eigenvalue weighted by Crippen LogP contribution is 2.22. The summed E-state index contributed by atoms with van der Waals surface area (Å²) >= 11 is 0. The summed E-state index contributed by atoms with van der Waals surface area (Å²) in [4.78, 5) is 12.1. The zero-order valence-corrected chi connectivity index (χ0v) is 14.7. The topological polar surface area (TPSA) is 53.5 Å². The largest absolute Gasteiger partial charge is 0.376 e. The van der Waals surface area contributed by atoms with Crippen LogP contribution in [-0.4, -0.2) is 18.7 Å². The molecule has 4 heteroatoms. The lowest BCUT2D eigenvalue weighted by molar-refractivity contribution is -0.119. The molecular weight excluding hydrogens is 334 g/mol. The number of hydrazone groups is 1. The SMILES string of the molecule is O=C(CNc1cccc2ccccc12)N/N=C/c1cccc2ccccc12. The average molecular weight is 353 g/mol. The summed E-state index contributed by atoms with van der Waals surface area (Å²) in [7, 11) is 0. The maximum atomic E-state index is 12.1. The molecule has 0 unspecified atom stereocenters. The molecule has 0 bridgehead atoms. The highest BCUT2D eigenvalue weighted by atomic mass is 16.2. The fourth-order valence-corrected chi connectivity index (χ4v) is 3.13. The third-order valence-electron chi connectivity index (χ3n) is 4.45. The second-order valence-corrected chi connectivity index (χ2v) is 6.24. The maximum absolute atomic E-state index is 12.1. The van der Waals surface area contributed by atoms with E-state index in [9.17, 15) is 4.79 Å². The van der Waals surface area contributed by atoms with Crippen LogP contribution >= 0.6 is 0 Å². The first kappa shape index (κ1) is 16.8. The van der Waals surface area contributed by atoms with Crippen LogP contribution in [0.5, 0.6) is 0 Å². The van der Waals surface area contributed by atoms with Crippen molar-refractivity contribution in [2.75, 3.05) is 11.9 Å². The number of benzene rings is 4. The smallest absolute Gasteiger partial charge is 0.259 e. The Balaban J connectivity index is 1.40. The van der Waals surface area contributed by atoms with E-state index in [1.165, 1.54) is 0 Å². The van der Waals surface area contributed by atoms with Crippen molar-refractivity contribution in [3.8, 4) is 0 Å². The molecule has 2 N–H and O–H groups in total. The molecule has 0 aliphatic rings. The van der Waals surface area contributed by atoms with Gasteiger partial charge in [0.05, 0.1) is 12.8 Å². The number of nitrogens with one attached hydrogen (secondary N) is 2. The first-order valence-corrected chi connectivity index (χ1v) is 8.82. The van der Waals surface area contributed by atoms with E-state index in [1.807, 2.05) is 60.7 Å². The van der Waals surface area contributed by atoms with E-state index in [4.69, 9.17) is 0 Å². The maximum Gasteiger partial charge on any atom is 0.259 e. The van der Waals surface area contributed by atoms with Crippen molar-refractivity contribution in [3.05, 3.63) is 90.5 Å². The molecule has 0 saturated heterocycles. The summed E-state index contributed by atoms with van der Waals surface area (Å²) < 4.78 is 0. The van der Waals surface area contributed by atoms with Gasteiger partial charge in [-0.05, 0) is 22.2 Å². The summed E-state index contributed by atoms with van der Waals surface area (Å²) in [5.74, 6) is -0.195. The molecule has 27 heavy (non-hydrogen) atoms. The van der Waals surface area contributed by atoms with Gasteiger partial charge in [-0.25, -0.2) is 5.43 Å². The van der Waals surface area contributed by atoms with Crippen molar-refractivity contribution < 1.29 is 4.79 Å². The molecular formula is C23H19N3O. The Morgan fingerprint density at radius 3 is 2.22 bits per heavy atom. The van der Waals surface area contributed by atoms with Gasteiger partial charge in [-0.3, -0.25) is 4.79 Å². The number of amides is 1. The number of carbonyl (C=O) groups is 1. The first-order valence-electron chi connectivity index (χ1n) is 8.82. The number of hydrogen-bond donors (Lipinski definition) is 2. The van der Waals surface area contributed by atoms with Gasteiger partial charge < -0.3 is 5.32 Å². The molecule has 0 heterocycles. The Kier molecular flexibility index (Phi) is 4.79. The molecule has 0 spiro atoms. The number of anilines is 1. The Hall–Kier alpha value is -3.66. The van der Waals surface area contributed by atoms with Gasteiger partial charge in [0.1, 0.15) is 0 Å².